The van der Waals surface area contributed by atoms with E-state index in [1.807, 2.05) is 48.5 Å². The van der Waals surface area contributed by atoms with Crippen molar-refractivity contribution in [2.24, 2.45) is 5.92 Å². The first-order valence-electron chi connectivity index (χ1n) is 11.7. The van der Waals surface area contributed by atoms with Gasteiger partial charge in [-0.05, 0) is 41.5 Å². The minimum absolute atomic E-state index is 0.0401. The van der Waals surface area contributed by atoms with Crippen molar-refractivity contribution in [2.75, 3.05) is 13.2 Å². The van der Waals surface area contributed by atoms with Crippen molar-refractivity contribution >= 4 is 18.0 Å². The van der Waals surface area contributed by atoms with E-state index in [1.54, 1.807) is 0 Å². The van der Waals surface area contributed by atoms with Gasteiger partial charge in [-0.2, -0.15) is 0 Å². The number of rotatable bonds is 8. The quantitative estimate of drug-likeness (QED) is 0.449. The maximum atomic E-state index is 13.3. The minimum Gasteiger partial charge on any atom is -0.481 e. The molecule has 4 rings (SSSR count). The van der Waals surface area contributed by atoms with Gasteiger partial charge in [0.2, 0.25) is 0 Å². The molecular formula is C26H29NO8. The van der Waals surface area contributed by atoms with E-state index in [4.69, 9.17) is 4.74 Å². The summed E-state index contributed by atoms with van der Waals surface area (Å²) in [4.78, 5) is 37.8. The summed E-state index contributed by atoms with van der Waals surface area (Å²) in [5, 5.41) is 38.8. The van der Waals surface area contributed by atoms with Crippen LogP contribution in [0.4, 0.5) is 4.79 Å². The average Bonchev–Trinajstić information content (AvgIpc) is 3.16. The molecular weight excluding hydrogens is 454 g/mol. The fourth-order valence-electron chi connectivity index (χ4n) is 5.34. The summed E-state index contributed by atoms with van der Waals surface area (Å²) in [5.74, 6) is -3.60. The molecule has 0 heterocycles. The highest BCUT2D eigenvalue weighted by molar-refractivity contribution is 5.85. The Balaban J connectivity index is 1.59. The third kappa shape index (κ3) is 5.01. The zero-order valence-electron chi connectivity index (χ0n) is 19.1. The Bertz CT molecular complexity index is 1060. The topological polar surface area (TPSA) is 145 Å². The van der Waals surface area contributed by atoms with Gasteiger partial charge in [-0.25, -0.2) is 9.59 Å². The van der Waals surface area contributed by atoms with E-state index in [-0.39, 0.29) is 38.4 Å². The molecule has 0 aliphatic heterocycles. The normalized spacial score (nSPS) is 22.1. The van der Waals surface area contributed by atoms with Gasteiger partial charge in [-0.3, -0.25) is 9.69 Å². The highest BCUT2D eigenvalue weighted by Gasteiger charge is 2.42. The lowest BCUT2D eigenvalue weighted by Gasteiger charge is -2.40. The molecule has 0 bridgehead atoms. The maximum Gasteiger partial charge on any atom is 0.410 e. The molecule has 0 unspecified atom stereocenters. The molecule has 1 amide bonds. The van der Waals surface area contributed by atoms with E-state index in [1.165, 1.54) is 0 Å². The number of carbonyl (C=O) groups is 3. The van der Waals surface area contributed by atoms with Crippen LogP contribution in [-0.2, 0) is 14.3 Å². The van der Waals surface area contributed by atoms with Crippen molar-refractivity contribution in [3.63, 3.8) is 0 Å². The second kappa shape index (κ2) is 10.5. The second-order valence-corrected chi connectivity index (χ2v) is 9.14. The number of hydrogen-bond donors (Lipinski definition) is 4. The van der Waals surface area contributed by atoms with Crippen molar-refractivity contribution in [1.29, 1.82) is 0 Å². The molecule has 1 fully saturated rings. The first-order valence-corrected chi connectivity index (χ1v) is 11.7. The van der Waals surface area contributed by atoms with Crippen molar-refractivity contribution < 1.29 is 39.5 Å². The average molecular weight is 484 g/mol. The van der Waals surface area contributed by atoms with E-state index < -0.39 is 48.6 Å². The molecule has 9 nitrogen and oxygen atoms in total. The summed E-state index contributed by atoms with van der Waals surface area (Å²) in [7, 11) is 0. The molecule has 2 aromatic rings. The van der Waals surface area contributed by atoms with E-state index in [0.29, 0.717) is 0 Å². The van der Waals surface area contributed by atoms with Crippen LogP contribution in [0, 0.1) is 5.92 Å². The smallest absolute Gasteiger partial charge is 0.410 e. The van der Waals surface area contributed by atoms with Gasteiger partial charge < -0.3 is 25.2 Å². The number of ether oxygens (including phenoxy) is 1. The van der Waals surface area contributed by atoms with Crippen LogP contribution in [0.1, 0.15) is 42.7 Å². The number of aliphatic carboxylic acids is 2. The lowest BCUT2D eigenvalue weighted by atomic mass is 9.82. The van der Waals surface area contributed by atoms with Gasteiger partial charge in [0.05, 0.1) is 12.5 Å². The fourth-order valence-corrected chi connectivity index (χ4v) is 5.34. The van der Waals surface area contributed by atoms with Gasteiger partial charge in [-0.1, -0.05) is 48.5 Å². The molecule has 35 heavy (non-hydrogen) atoms. The van der Waals surface area contributed by atoms with Crippen molar-refractivity contribution in [2.45, 2.75) is 49.8 Å². The number of carboxylic acids is 2. The zero-order chi connectivity index (χ0) is 25.1. The molecule has 4 atom stereocenters. The van der Waals surface area contributed by atoms with Crippen LogP contribution in [0.25, 0.3) is 11.1 Å². The fraction of sp³-hybridized carbons (Fsp3) is 0.423. The van der Waals surface area contributed by atoms with Crippen LogP contribution in [-0.4, -0.2) is 74.8 Å². The summed E-state index contributed by atoms with van der Waals surface area (Å²) in [6, 6.07) is 13.3. The van der Waals surface area contributed by atoms with Crippen molar-refractivity contribution in [1.82, 2.24) is 4.90 Å². The van der Waals surface area contributed by atoms with Crippen LogP contribution in [0.3, 0.4) is 0 Å². The van der Waals surface area contributed by atoms with E-state index in [9.17, 15) is 34.8 Å². The largest absolute Gasteiger partial charge is 0.481 e. The van der Waals surface area contributed by atoms with Crippen LogP contribution in [0.5, 0.6) is 0 Å². The van der Waals surface area contributed by atoms with Crippen LogP contribution < -0.4 is 0 Å². The first kappa shape index (κ1) is 24.7. The third-order valence-corrected chi connectivity index (χ3v) is 7.08. The number of hydrogen-bond acceptors (Lipinski definition) is 6. The van der Waals surface area contributed by atoms with Gasteiger partial charge in [0.25, 0.3) is 0 Å². The molecule has 186 valence electrons. The molecule has 4 N–H and O–H groups in total. The Labute approximate surface area is 202 Å². The standard InChI is InChI=1S/C26H29NO8/c28-13-15-11-16(9-10-23(15)29)27(22(25(32)33)12-24(30)31)26(34)35-14-21-19-7-3-1-5-17(19)18-6-2-4-8-20(18)21/h1-8,15-16,21-23,28-29H,9-14H2,(H,30,31)(H,32,33)/t15-,16+,22+,23+/m1/s1. The summed E-state index contributed by atoms with van der Waals surface area (Å²) in [6.45, 7) is -0.367. The molecule has 0 radical (unpaired) electrons. The van der Waals surface area contributed by atoms with Gasteiger partial charge in [-0.15, -0.1) is 0 Å². The first-order chi connectivity index (χ1) is 16.8. The number of carbonyl (C=O) groups excluding carboxylic acids is 1. The Kier molecular flexibility index (Phi) is 7.37. The Morgan fingerprint density at radius 2 is 1.57 bits per heavy atom. The SMILES string of the molecule is O=C(O)C[C@@H](C(=O)O)N(C(=O)OCC1c2ccccc2-c2ccccc21)[C@H]1CC[C@H](O)[C@@H](CO)C1. The maximum absolute atomic E-state index is 13.3. The van der Waals surface area contributed by atoms with Gasteiger partial charge in [0.1, 0.15) is 12.6 Å². The second-order valence-electron chi connectivity index (χ2n) is 9.14. The summed E-state index contributed by atoms with van der Waals surface area (Å²) >= 11 is 0. The van der Waals surface area contributed by atoms with Crippen LogP contribution in [0.15, 0.2) is 48.5 Å². The number of amides is 1. The number of carboxylic acid groups (broad SMARTS) is 2. The lowest BCUT2D eigenvalue weighted by molar-refractivity contribution is -0.150. The molecule has 2 aromatic carbocycles. The zero-order valence-corrected chi connectivity index (χ0v) is 19.1. The third-order valence-electron chi connectivity index (χ3n) is 7.08. The molecule has 0 spiro atoms. The van der Waals surface area contributed by atoms with E-state index >= 15 is 0 Å². The van der Waals surface area contributed by atoms with E-state index in [2.05, 4.69) is 0 Å². The number of aliphatic hydroxyl groups is 2. The molecule has 2 aliphatic carbocycles. The van der Waals surface area contributed by atoms with Crippen molar-refractivity contribution in [3.05, 3.63) is 59.7 Å². The predicted octanol–water partition coefficient (Wildman–Crippen LogP) is 2.69. The molecule has 0 saturated heterocycles. The number of nitrogens with zero attached hydrogens (tertiary/aromatic N) is 1. The molecule has 9 heteroatoms. The number of benzene rings is 2. The van der Waals surface area contributed by atoms with Gasteiger partial charge in [0.15, 0.2) is 0 Å². The molecule has 0 aromatic heterocycles. The highest BCUT2D eigenvalue weighted by Crippen LogP contribution is 2.44. The van der Waals surface area contributed by atoms with Crippen molar-refractivity contribution in [3.8, 4) is 11.1 Å². The molecule has 1 saturated carbocycles. The summed E-state index contributed by atoms with van der Waals surface area (Å²) in [6.07, 6.45) is -1.82. The lowest BCUT2D eigenvalue weighted by Crippen LogP contribution is -2.54. The van der Waals surface area contributed by atoms with Gasteiger partial charge >= 0.3 is 18.0 Å². The minimum atomic E-state index is -1.64. The Hall–Kier alpha value is -3.43. The highest BCUT2D eigenvalue weighted by atomic mass is 16.6. The molecule has 2 aliphatic rings. The Morgan fingerprint density at radius 3 is 2.11 bits per heavy atom. The van der Waals surface area contributed by atoms with Crippen LogP contribution >= 0.6 is 0 Å². The Morgan fingerprint density at radius 1 is 0.971 bits per heavy atom. The predicted molar refractivity (Wildman–Crippen MR) is 125 cm³/mol. The van der Waals surface area contributed by atoms with Crippen LogP contribution in [0.2, 0.25) is 0 Å². The summed E-state index contributed by atoms with van der Waals surface area (Å²) < 4.78 is 5.67. The van der Waals surface area contributed by atoms with E-state index in [0.717, 1.165) is 27.2 Å². The number of fused-ring (bicyclic) bond motifs is 3. The van der Waals surface area contributed by atoms with Gasteiger partial charge in [0, 0.05) is 24.5 Å². The summed E-state index contributed by atoms with van der Waals surface area (Å²) in [5.41, 5.74) is 4.08. The monoisotopic (exact) mass is 483 g/mol. The number of aliphatic hydroxyl groups excluding tert-OH is 2.